The third-order valence-electron chi connectivity index (χ3n) is 7.59. The van der Waals surface area contributed by atoms with Crippen LogP contribution in [0.5, 0.6) is 23.0 Å². The molecule has 0 amide bonds. The highest BCUT2D eigenvalue weighted by Crippen LogP contribution is 2.45. The number of furan rings is 1. The van der Waals surface area contributed by atoms with Crippen molar-refractivity contribution in [3.63, 3.8) is 0 Å². The summed E-state index contributed by atoms with van der Waals surface area (Å²) >= 11 is 6.01. The molecule has 0 aliphatic carbocycles. The molecule has 0 fully saturated rings. The van der Waals surface area contributed by atoms with Crippen molar-refractivity contribution in [2.45, 2.75) is 33.3 Å². The molecular weight excluding hydrogens is 592 g/mol. The molecule has 1 aromatic heterocycles. The van der Waals surface area contributed by atoms with Crippen LogP contribution in [0.4, 0.5) is 0 Å². The first-order valence-electron chi connectivity index (χ1n) is 14.3. The standard InChI is InChI=1S/C36H29ClN2O6/c1-4-41-32-16-23(8-14-29(32)42-19-22-6-9-24(37)10-7-22)33-27-13-11-25(17-31(27)45-35(39)28(33)18-38)43-36(40)34-21(3)26-12-5-20(2)15-30(26)44-34/h5-17,33H,4,19,39H2,1-3H3. The van der Waals surface area contributed by atoms with E-state index in [4.69, 9.17) is 40.7 Å². The summed E-state index contributed by atoms with van der Waals surface area (Å²) in [5.74, 6) is 0.566. The van der Waals surface area contributed by atoms with Crippen molar-refractivity contribution in [1.82, 2.24) is 0 Å². The molecule has 2 heterocycles. The number of hydrogen-bond donors (Lipinski definition) is 1. The second kappa shape index (κ2) is 12.3. The highest BCUT2D eigenvalue weighted by Gasteiger charge is 2.32. The van der Waals surface area contributed by atoms with Crippen LogP contribution in [0.2, 0.25) is 5.02 Å². The minimum atomic E-state index is -0.634. The van der Waals surface area contributed by atoms with E-state index in [9.17, 15) is 10.1 Å². The summed E-state index contributed by atoms with van der Waals surface area (Å²) in [5.41, 5.74) is 11.2. The molecule has 5 aromatic rings. The zero-order valence-electron chi connectivity index (χ0n) is 24.8. The van der Waals surface area contributed by atoms with E-state index in [-0.39, 0.29) is 23.0 Å². The van der Waals surface area contributed by atoms with Crippen LogP contribution in [-0.2, 0) is 6.61 Å². The van der Waals surface area contributed by atoms with Gasteiger partial charge in [0, 0.05) is 27.6 Å². The van der Waals surface area contributed by atoms with E-state index >= 15 is 0 Å². The van der Waals surface area contributed by atoms with Gasteiger partial charge < -0.3 is 29.1 Å². The van der Waals surface area contributed by atoms with Gasteiger partial charge >= 0.3 is 5.97 Å². The highest BCUT2D eigenvalue weighted by atomic mass is 35.5. The number of carbonyl (C=O) groups is 1. The molecule has 6 rings (SSSR count). The van der Waals surface area contributed by atoms with Crippen molar-refractivity contribution in [2.75, 3.05) is 6.61 Å². The fourth-order valence-corrected chi connectivity index (χ4v) is 5.48. The van der Waals surface area contributed by atoms with E-state index < -0.39 is 11.9 Å². The van der Waals surface area contributed by atoms with Crippen molar-refractivity contribution >= 4 is 28.5 Å². The molecule has 1 aliphatic heterocycles. The first kappa shape index (κ1) is 29.7. The summed E-state index contributed by atoms with van der Waals surface area (Å²) in [6.45, 7) is 6.39. The van der Waals surface area contributed by atoms with Gasteiger partial charge in [-0.05, 0) is 73.9 Å². The van der Waals surface area contributed by atoms with Crippen LogP contribution >= 0.6 is 11.6 Å². The fourth-order valence-electron chi connectivity index (χ4n) is 5.36. The number of allylic oxidation sites excluding steroid dienone is 1. The van der Waals surface area contributed by atoms with Gasteiger partial charge in [0.05, 0.1) is 12.5 Å². The Labute approximate surface area is 265 Å². The number of aryl methyl sites for hydroxylation is 2. The molecule has 0 saturated carbocycles. The smallest absolute Gasteiger partial charge is 0.379 e. The molecular formula is C36H29ClN2O6. The van der Waals surface area contributed by atoms with Crippen molar-refractivity contribution in [2.24, 2.45) is 5.73 Å². The van der Waals surface area contributed by atoms with Crippen molar-refractivity contribution in [3.8, 4) is 29.1 Å². The molecule has 0 bridgehead atoms. The lowest BCUT2D eigenvalue weighted by Crippen LogP contribution is -2.21. The zero-order chi connectivity index (χ0) is 31.7. The third-order valence-corrected chi connectivity index (χ3v) is 7.84. The topological polar surface area (TPSA) is 117 Å². The Kier molecular flexibility index (Phi) is 8.12. The van der Waals surface area contributed by atoms with Crippen LogP contribution in [0.25, 0.3) is 11.0 Å². The van der Waals surface area contributed by atoms with Crippen LogP contribution in [0.1, 0.15) is 51.2 Å². The van der Waals surface area contributed by atoms with Gasteiger partial charge in [-0.2, -0.15) is 5.26 Å². The van der Waals surface area contributed by atoms with Crippen LogP contribution in [0.15, 0.2) is 94.7 Å². The summed E-state index contributed by atoms with van der Waals surface area (Å²) in [6, 6.07) is 25.9. The van der Waals surface area contributed by atoms with E-state index in [1.54, 1.807) is 18.2 Å². The molecule has 2 N–H and O–H groups in total. The van der Waals surface area contributed by atoms with E-state index in [0.29, 0.717) is 52.2 Å². The Bertz CT molecular complexity index is 2010. The van der Waals surface area contributed by atoms with Crippen LogP contribution in [-0.4, -0.2) is 12.6 Å². The number of hydrogen-bond acceptors (Lipinski definition) is 8. The number of fused-ring (bicyclic) bond motifs is 2. The zero-order valence-corrected chi connectivity index (χ0v) is 25.6. The van der Waals surface area contributed by atoms with Gasteiger partial charge in [0.25, 0.3) is 0 Å². The van der Waals surface area contributed by atoms with E-state index in [1.165, 1.54) is 0 Å². The molecule has 1 atom stereocenters. The minimum Gasteiger partial charge on any atom is -0.490 e. The Morgan fingerprint density at radius 3 is 2.53 bits per heavy atom. The van der Waals surface area contributed by atoms with Crippen molar-refractivity contribution in [3.05, 3.63) is 129 Å². The predicted molar refractivity (Wildman–Crippen MR) is 170 cm³/mol. The lowest BCUT2D eigenvalue weighted by Gasteiger charge is -2.27. The molecule has 4 aromatic carbocycles. The van der Waals surface area contributed by atoms with Gasteiger partial charge in [0.15, 0.2) is 11.5 Å². The summed E-state index contributed by atoms with van der Waals surface area (Å²) in [7, 11) is 0. The fraction of sp³-hybridized carbons (Fsp3) is 0.167. The molecule has 1 aliphatic rings. The first-order valence-corrected chi connectivity index (χ1v) is 14.7. The lowest BCUT2D eigenvalue weighted by molar-refractivity contribution is 0.0702. The van der Waals surface area contributed by atoms with E-state index in [1.807, 2.05) is 81.4 Å². The number of nitrogens with two attached hydrogens (primary N) is 1. The summed E-state index contributed by atoms with van der Waals surface area (Å²) in [6.07, 6.45) is 0. The Morgan fingerprint density at radius 1 is 0.978 bits per heavy atom. The number of benzene rings is 4. The van der Waals surface area contributed by atoms with Gasteiger partial charge in [0.2, 0.25) is 11.6 Å². The molecule has 8 nitrogen and oxygen atoms in total. The highest BCUT2D eigenvalue weighted by molar-refractivity contribution is 6.30. The number of nitriles is 1. The monoisotopic (exact) mass is 620 g/mol. The maximum absolute atomic E-state index is 13.1. The van der Waals surface area contributed by atoms with Crippen molar-refractivity contribution in [1.29, 1.82) is 5.26 Å². The molecule has 226 valence electrons. The minimum absolute atomic E-state index is 0.0389. The first-order chi connectivity index (χ1) is 21.7. The average Bonchev–Trinajstić information content (AvgIpc) is 3.35. The molecule has 45 heavy (non-hydrogen) atoms. The quantitative estimate of drug-likeness (QED) is 0.136. The number of ether oxygens (including phenoxy) is 4. The van der Waals surface area contributed by atoms with Crippen LogP contribution < -0.4 is 24.7 Å². The summed E-state index contributed by atoms with van der Waals surface area (Å²) in [4.78, 5) is 13.1. The third kappa shape index (κ3) is 5.91. The SMILES string of the molecule is CCOc1cc(C2C(C#N)=C(N)Oc3cc(OC(=O)c4oc5cc(C)ccc5c4C)ccc32)ccc1OCc1ccc(Cl)cc1. The van der Waals surface area contributed by atoms with Crippen molar-refractivity contribution < 1.29 is 28.2 Å². The molecule has 0 radical (unpaired) electrons. The summed E-state index contributed by atoms with van der Waals surface area (Å²) < 4.78 is 29.4. The summed E-state index contributed by atoms with van der Waals surface area (Å²) in [5, 5.41) is 11.6. The van der Waals surface area contributed by atoms with E-state index in [2.05, 4.69) is 6.07 Å². The predicted octanol–water partition coefficient (Wildman–Crippen LogP) is 8.12. The number of carbonyl (C=O) groups excluding carboxylic acids is 1. The van der Waals surface area contributed by atoms with Gasteiger partial charge in [0.1, 0.15) is 35.3 Å². The maximum Gasteiger partial charge on any atom is 0.379 e. The molecule has 1 unspecified atom stereocenters. The van der Waals surface area contributed by atoms with Gasteiger partial charge in [-0.15, -0.1) is 0 Å². The Balaban J connectivity index is 1.29. The number of nitrogens with zero attached hydrogens (tertiary/aromatic N) is 1. The Morgan fingerprint density at radius 2 is 1.78 bits per heavy atom. The molecule has 0 spiro atoms. The average molecular weight is 621 g/mol. The van der Waals surface area contributed by atoms with Crippen LogP contribution in [0, 0.1) is 25.2 Å². The maximum atomic E-state index is 13.1. The van der Waals surface area contributed by atoms with E-state index in [0.717, 1.165) is 22.1 Å². The second-order valence-electron chi connectivity index (χ2n) is 10.6. The Hall–Kier alpha value is -5.39. The van der Waals surface area contributed by atoms with Gasteiger partial charge in [-0.25, -0.2) is 4.79 Å². The number of halogens is 1. The number of rotatable bonds is 8. The van der Waals surface area contributed by atoms with Gasteiger partial charge in [-0.3, -0.25) is 0 Å². The molecule has 0 saturated heterocycles. The second-order valence-corrected chi connectivity index (χ2v) is 11.1. The van der Waals surface area contributed by atoms with Gasteiger partial charge in [-0.1, -0.05) is 48.0 Å². The lowest BCUT2D eigenvalue weighted by atomic mass is 9.83. The largest absolute Gasteiger partial charge is 0.490 e. The molecule has 9 heteroatoms. The van der Waals surface area contributed by atoms with Crippen LogP contribution in [0.3, 0.4) is 0 Å². The normalized spacial score (nSPS) is 14.0. The number of esters is 1.